The molecule has 0 aliphatic carbocycles. The van der Waals surface area contributed by atoms with E-state index in [-0.39, 0.29) is 5.91 Å². The number of nitrogens with zero attached hydrogens (tertiary/aromatic N) is 1. The van der Waals surface area contributed by atoms with Gasteiger partial charge < -0.3 is 9.64 Å². The van der Waals surface area contributed by atoms with Gasteiger partial charge in [-0.05, 0) is 35.7 Å². The molecule has 5 heteroatoms. The molecule has 23 heavy (non-hydrogen) atoms. The van der Waals surface area contributed by atoms with Crippen LogP contribution in [0.1, 0.15) is 17.5 Å². The van der Waals surface area contributed by atoms with E-state index in [4.69, 9.17) is 16.3 Å². The van der Waals surface area contributed by atoms with Crippen LogP contribution >= 0.6 is 27.5 Å². The van der Waals surface area contributed by atoms with Crippen molar-refractivity contribution in [2.75, 3.05) is 14.2 Å². The summed E-state index contributed by atoms with van der Waals surface area (Å²) in [5.74, 6) is 0.750. The van der Waals surface area contributed by atoms with Gasteiger partial charge in [0.25, 0.3) is 0 Å². The molecule has 122 valence electrons. The number of benzene rings is 2. The molecule has 0 aliphatic heterocycles. The van der Waals surface area contributed by atoms with Crippen LogP contribution in [0.2, 0.25) is 5.02 Å². The minimum atomic E-state index is 0.104. The number of halogens is 2. The normalized spacial score (nSPS) is 10.4. The van der Waals surface area contributed by atoms with Gasteiger partial charge in [0, 0.05) is 24.5 Å². The molecule has 0 N–H and O–H groups in total. The first-order valence-corrected chi connectivity index (χ1v) is 8.48. The average Bonchev–Trinajstić information content (AvgIpc) is 2.54. The largest absolute Gasteiger partial charge is 0.495 e. The average molecular weight is 397 g/mol. The van der Waals surface area contributed by atoms with Crippen LogP contribution in [0.3, 0.4) is 0 Å². The number of hydrogen-bond donors (Lipinski definition) is 0. The fraction of sp³-hybridized carbons (Fsp3) is 0.278. The maximum atomic E-state index is 12.3. The molecule has 0 aliphatic rings. The summed E-state index contributed by atoms with van der Waals surface area (Å²) in [4.78, 5) is 14.0. The summed E-state index contributed by atoms with van der Waals surface area (Å²) in [6.07, 6.45) is 1.10. The third kappa shape index (κ3) is 4.98. The van der Waals surface area contributed by atoms with Crippen LogP contribution in [-0.4, -0.2) is 25.0 Å². The zero-order valence-electron chi connectivity index (χ0n) is 13.2. The van der Waals surface area contributed by atoms with Gasteiger partial charge in [-0.15, -0.1) is 0 Å². The van der Waals surface area contributed by atoms with Gasteiger partial charge in [0.15, 0.2) is 0 Å². The van der Waals surface area contributed by atoms with Gasteiger partial charge in [0.1, 0.15) is 5.75 Å². The Morgan fingerprint density at radius 2 is 2.00 bits per heavy atom. The molecule has 0 atom stereocenters. The van der Waals surface area contributed by atoms with Crippen molar-refractivity contribution in [3.8, 4) is 5.75 Å². The molecule has 0 fully saturated rings. The molecule has 0 aromatic heterocycles. The molecule has 2 aromatic rings. The van der Waals surface area contributed by atoms with Crippen molar-refractivity contribution in [3.63, 3.8) is 0 Å². The quantitative estimate of drug-likeness (QED) is 0.708. The van der Waals surface area contributed by atoms with E-state index >= 15 is 0 Å². The standard InChI is InChI=1S/C18H19BrClNO2/c1-21(12-14-5-3-4-6-15(14)19)18(22)10-8-13-7-9-17(23-2)16(20)11-13/h3-7,9,11H,8,10,12H2,1-2H3. The fourth-order valence-electron chi connectivity index (χ4n) is 2.28. The molecular weight excluding hydrogens is 378 g/mol. The molecular formula is C18H19BrClNO2. The smallest absolute Gasteiger partial charge is 0.222 e. The molecule has 2 aromatic carbocycles. The second-order valence-corrected chi connectivity index (χ2v) is 6.57. The maximum Gasteiger partial charge on any atom is 0.222 e. The first kappa shape index (κ1) is 17.8. The van der Waals surface area contributed by atoms with Crippen molar-refractivity contribution in [1.82, 2.24) is 4.90 Å². The van der Waals surface area contributed by atoms with Crippen LogP contribution in [0.5, 0.6) is 5.75 Å². The number of rotatable bonds is 6. The van der Waals surface area contributed by atoms with Gasteiger partial charge in [0.2, 0.25) is 5.91 Å². The predicted octanol–water partition coefficient (Wildman–Crippen LogP) is 4.70. The van der Waals surface area contributed by atoms with Crippen LogP contribution in [0, 0.1) is 0 Å². The van der Waals surface area contributed by atoms with Crippen molar-refractivity contribution in [2.24, 2.45) is 0 Å². The Balaban J connectivity index is 1.91. The van der Waals surface area contributed by atoms with Crippen LogP contribution in [-0.2, 0) is 17.8 Å². The van der Waals surface area contributed by atoms with E-state index in [0.29, 0.717) is 30.2 Å². The van der Waals surface area contributed by atoms with Crippen molar-refractivity contribution in [3.05, 3.63) is 63.1 Å². The van der Waals surface area contributed by atoms with Crippen molar-refractivity contribution in [1.29, 1.82) is 0 Å². The SMILES string of the molecule is COc1ccc(CCC(=O)N(C)Cc2ccccc2Br)cc1Cl. The first-order chi connectivity index (χ1) is 11.0. The maximum absolute atomic E-state index is 12.3. The molecule has 0 unspecified atom stereocenters. The van der Waals surface area contributed by atoms with E-state index in [2.05, 4.69) is 15.9 Å². The second-order valence-electron chi connectivity index (χ2n) is 5.31. The number of carbonyl (C=O) groups excluding carboxylic acids is 1. The van der Waals surface area contributed by atoms with Gasteiger partial charge >= 0.3 is 0 Å². The van der Waals surface area contributed by atoms with Gasteiger partial charge in [-0.2, -0.15) is 0 Å². The Labute approximate surface area is 150 Å². The lowest BCUT2D eigenvalue weighted by Gasteiger charge is -2.18. The second kappa shape index (κ2) is 8.37. The number of methoxy groups -OCH3 is 1. The van der Waals surface area contributed by atoms with E-state index in [9.17, 15) is 4.79 Å². The number of aryl methyl sites for hydroxylation is 1. The topological polar surface area (TPSA) is 29.5 Å². The zero-order valence-corrected chi connectivity index (χ0v) is 15.5. The highest BCUT2D eigenvalue weighted by atomic mass is 79.9. The third-order valence-corrected chi connectivity index (χ3v) is 4.70. The van der Waals surface area contributed by atoms with Crippen LogP contribution < -0.4 is 4.74 Å². The Morgan fingerprint density at radius 3 is 2.65 bits per heavy atom. The van der Waals surface area contributed by atoms with Crippen LogP contribution in [0.15, 0.2) is 46.9 Å². The monoisotopic (exact) mass is 395 g/mol. The summed E-state index contributed by atoms with van der Waals surface area (Å²) in [5, 5.41) is 0.569. The zero-order chi connectivity index (χ0) is 16.8. The lowest BCUT2D eigenvalue weighted by Crippen LogP contribution is -2.26. The van der Waals surface area contributed by atoms with E-state index in [1.807, 2.05) is 49.5 Å². The number of amides is 1. The molecule has 0 radical (unpaired) electrons. The number of carbonyl (C=O) groups is 1. The highest BCUT2D eigenvalue weighted by molar-refractivity contribution is 9.10. The summed E-state index contributed by atoms with van der Waals surface area (Å²) in [5.41, 5.74) is 2.12. The molecule has 0 saturated heterocycles. The Kier molecular flexibility index (Phi) is 6.48. The summed E-state index contributed by atoms with van der Waals surface area (Å²) >= 11 is 9.61. The van der Waals surface area contributed by atoms with Gasteiger partial charge in [0.05, 0.1) is 12.1 Å². The lowest BCUT2D eigenvalue weighted by molar-refractivity contribution is -0.130. The molecule has 0 saturated carbocycles. The summed E-state index contributed by atoms with van der Waals surface area (Å²) < 4.78 is 6.15. The highest BCUT2D eigenvalue weighted by Crippen LogP contribution is 2.25. The summed E-state index contributed by atoms with van der Waals surface area (Å²) in [6.45, 7) is 0.587. The summed E-state index contributed by atoms with van der Waals surface area (Å²) in [6, 6.07) is 13.5. The van der Waals surface area contributed by atoms with E-state index in [1.165, 1.54) is 0 Å². The van der Waals surface area contributed by atoms with Gasteiger partial charge in [-0.3, -0.25) is 4.79 Å². The molecule has 0 heterocycles. The van der Waals surface area contributed by atoms with E-state index in [0.717, 1.165) is 15.6 Å². The van der Waals surface area contributed by atoms with Crippen molar-refractivity contribution in [2.45, 2.75) is 19.4 Å². The Hall–Kier alpha value is -1.52. The molecule has 3 nitrogen and oxygen atoms in total. The van der Waals surface area contributed by atoms with Crippen LogP contribution in [0.25, 0.3) is 0 Å². The Morgan fingerprint density at radius 1 is 1.26 bits per heavy atom. The van der Waals surface area contributed by atoms with Crippen LogP contribution in [0.4, 0.5) is 0 Å². The molecule has 2 rings (SSSR count). The van der Waals surface area contributed by atoms with Gasteiger partial charge in [-0.25, -0.2) is 0 Å². The predicted molar refractivity (Wildman–Crippen MR) is 96.9 cm³/mol. The fourth-order valence-corrected chi connectivity index (χ4v) is 2.97. The summed E-state index contributed by atoms with van der Waals surface area (Å²) in [7, 11) is 3.41. The number of hydrogen-bond acceptors (Lipinski definition) is 2. The minimum absolute atomic E-state index is 0.104. The minimum Gasteiger partial charge on any atom is -0.495 e. The van der Waals surface area contributed by atoms with E-state index in [1.54, 1.807) is 12.0 Å². The first-order valence-electron chi connectivity index (χ1n) is 7.31. The van der Waals surface area contributed by atoms with E-state index < -0.39 is 0 Å². The lowest BCUT2D eigenvalue weighted by atomic mass is 10.1. The highest BCUT2D eigenvalue weighted by Gasteiger charge is 2.11. The van der Waals surface area contributed by atoms with Gasteiger partial charge in [-0.1, -0.05) is 51.8 Å². The Bertz CT molecular complexity index is 690. The molecule has 1 amide bonds. The van der Waals surface area contributed by atoms with Crippen molar-refractivity contribution < 1.29 is 9.53 Å². The van der Waals surface area contributed by atoms with Crippen molar-refractivity contribution >= 4 is 33.4 Å². The molecule has 0 bridgehead atoms. The molecule has 0 spiro atoms. The number of ether oxygens (including phenoxy) is 1. The third-order valence-electron chi connectivity index (χ3n) is 3.63.